The van der Waals surface area contributed by atoms with E-state index in [0.717, 1.165) is 5.56 Å². The fraction of sp³-hybridized carbons (Fsp3) is 0.562. The molecule has 0 radical (unpaired) electrons. The van der Waals surface area contributed by atoms with E-state index in [4.69, 9.17) is 9.47 Å². The van der Waals surface area contributed by atoms with Crippen LogP contribution in [0, 0.1) is 0 Å². The van der Waals surface area contributed by atoms with Gasteiger partial charge in [-0.3, -0.25) is 4.79 Å². The molecule has 1 aromatic rings. The molecule has 1 fully saturated rings. The molecule has 1 heterocycles. The topological polar surface area (TPSA) is 38.8 Å². The summed E-state index contributed by atoms with van der Waals surface area (Å²) in [5.41, 5.74) is 0.532. The number of hydrogen-bond acceptors (Lipinski definition) is 3. The van der Waals surface area contributed by atoms with Gasteiger partial charge < -0.3 is 14.4 Å². The number of hydrogen-bond donors (Lipinski definition) is 0. The minimum atomic E-state index is -0.563. The van der Waals surface area contributed by atoms with Crippen molar-refractivity contribution in [1.82, 2.24) is 4.90 Å². The molecule has 4 nitrogen and oxygen atoms in total. The van der Waals surface area contributed by atoms with Crippen LogP contribution in [0.5, 0.6) is 0 Å². The number of carbonyl (C=O) groups excluding carboxylic acids is 1. The standard InChI is InChI=1S/C16H23NO3/c1-12(2)17-15(18)14(20-16(17,3)4)11-19-10-13-8-6-5-7-9-13/h5-9,12,14H,10-11H2,1-4H3. The summed E-state index contributed by atoms with van der Waals surface area (Å²) in [7, 11) is 0. The second-order valence-corrected chi connectivity index (χ2v) is 5.86. The third-order valence-electron chi connectivity index (χ3n) is 3.42. The average molecular weight is 277 g/mol. The Morgan fingerprint density at radius 3 is 2.50 bits per heavy atom. The molecule has 0 bridgehead atoms. The molecule has 0 aromatic heterocycles. The summed E-state index contributed by atoms with van der Waals surface area (Å²) in [6.07, 6.45) is -0.504. The number of benzene rings is 1. The van der Waals surface area contributed by atoms with Gasteiger partial charge in [-0.05, 0) is 33.3 Å². The molecule has 1 atom stereocenters. The number of amides is 1. The predicted octanol–water partition coefficient (Wildman–Crippen LogP) is 2.58. The van der Waals surface area contributed by atoms with E-state index in [9.17, 15) is 4.79 Å². The Morgan fingerprint density at radius 1 is 1.30 bits per heavy atom. The maximum absolute atomic E-state index is 12.3. The van der Waals surface area contributed by atoms with Crippen molar-refractivity contribution in [3.63, 3.8) is 0 Å². The van der Waals surface area contributed by atoms with Crippen molar-refractivity contribution in [3.8, 4) is 0 Å². The molecule has 20 heavy (non-hydrogen) atoms. The molecule has 0 spiro atoms. The zero-order valence-corrected chi connectivity index (χ0v) is 12.6. The first-order valence-corrected chi connectivity index (χ1v) is 7.04. The number of nitrogens with zero attached hydrogens (tertiary/aromatic N) is 1. The van der Waals surface area contributed by atoms with E-state index in [1.54, 1.807) is 4.90 Å². The van der Waals surface area contributed by atoms with Crippen LogP contribution in [0.2, 0.25) is 0 Å². The quantitative estimate of drug-likeness (QED) is 0.830. The van der Waals surface area contributed by atoms with Gasteiger partial charge in [0.15, 0.2) is 6.10 Å². The Labute approximate surface area is 120 Å². The number of carbonyl (C=O) groups is 1. The summed E-state index contributed by atoms with van der Waals surface area (Å²) in [4.78, 5) is 14.1. The number of rotatable bonds is 5. The largest absolute Gasteiger partial charge is 0.374 e. The van der Waals surface area contributed by atoms with Crippen LogP contribution in [0.4, 0.5) is 0 Å². The lowest BCUT2D eigenvalue weighted by atomic mass is 10.2. The predicted molar refractivity (Wildman–Crippen MR) is 77.0 cm³/mol. The summed E-state index contributed by atoms with van der Waals surface area (Å²) < 4.78 is 11.4. The van der Waals surface area contributed by atoms with E-state index in [0.29, 0.717) is 13.2 Å². The van der Waals surface area contributed by atoms with E-state index in [-0.39, 0.29) is 11.9 Å². The Bertz CT molecular complexity index is 456. The molecule has 1 saturated heterocycles. The van der Waals surface area contributed by atoms with Crippen LogP contribution < -0.4 is 0 Å². The van der Waals surface area contributed by atoms with Crippen LogP contribution in [0.1, 0.15) is 33.3 Å². The maximum atomic E-state index is 12.3. The molecule has 1 unspecified atom stereocenters. The SMILES string of the molecule is CC(C)N1C(=O)C(COCc2ccccc2)OC1(C)C. The Balaban J connectivity index is 1.90. The third-order valence-corrected chi connectivity index (χ3v) is 3.42. The van der Waals surface area contributed by atoms with Crippen LogP contribution >= 0.6 is 0 Å². The lowest BCUT2D eigenvalue weighted by Gasteiger charge is -2.33. The van der Waals surface area contributed by atoms with Crippen LogP contribution in [0.15, 0.2) is 30.3 Å². The highest BCUT2D eigenvalue weighted by Crippen LogP contribution is 2.30. The van der Waals surface area contributed by atoms with Gasteiger partial charge in [-0.1, -0.05) is 30.3 Å². The molecule has 0 N–H and O–H groups in total. The van der Waals surface area contributed by atoms with Crippen LogP contribution in [-0.2, 0) is 20.9 Å². The fourth-order valence-corrected chi connectivity index (χ4v) is 2.72. The first-order chi connectivity index (χ1) is 9.42. The molecule has 1 aliphatic heterocycles. The van der Waals surface area contributed by atoms with Gasteiger partial charge in [0.2, 0.25) is 0 Å². The first-order valence-electron chi connectivity index (χ1n) is 7.04. The van der Waals surface area contributed by atoms with Crippen molar-refractivity contribution in [1.29, 1.82) is 0 Å². The second kappa shape index (κ2) is 5.94. The van der Waals surface area contributed by atoms with Crippen molar-refractivity contribution >= 4 is 5.91 Å². The lowest BCUT2D eigenvalue weighted by Crippen LogP contribution is -2.46. The summed E-state index contributed by atoms with van der Waals surface area (Å²) in [5.74, 6) is 0.0121. The van der Waals surface area contributed by atoms with Gasteiger partial charge in [-0.25, -0.2) is 0 Å². The average Bonchev–Trinajstić information content (AvgIpc) is 2.60. The molecular weight excluding hydrogens is 254 g/mol. The molecule has 0 aliphatic carbocycles. The highest BCUT2D eigenvalue weighted by Gasteiger charge is 2.47. The van der Waals surface area contributed by atoms with Crippen molar-refractivity contribution in [3.05, 3.63) is 35.9 Å². The first kappa shape index (κ1) is 15.0. The van der Waals surface area contributed by atoms with E-state index >= 15 is 0 Å². The van der Waals surface area contributed by atoms with E-state index in [2.05, 4.69) is 0 Å². The van der Waals surface area contributed by atoms with Gasteiger partial charge in [0.05, 0.1) is 13.2 Å². The lowest BCUT2D eigenvalue weighted by molar-refractivity contribution is -0.134. The monoisotopic (exact) mass is 277 g/mol. The minimum absolute atomic E-state index is 0.0121. The van der Waals surface area contributed by atoms with Gasteiger partial charge in [-0.2, -0.15) is 0 Å². The van der Waals surface area contributed by atoms with Crippen molar-refractivity contribution in [2.45, 2.75) is 52.2 Å². The van der Waals surface area contributed by atoms with Gasteiger partial charge in [0.1, 0.15) is 5.72 Å². The van der Waals surface area contributed by atoms with Crippen LogP contribution in [0.25, 0.3) is 0 Å². The van der Waals surface area contributed by atoms with Crippen molar-refractivity contribution in [2.24, 2.45) is 0 Å². The summed E-state index contributed by atoms with van der Waals surface area (Å²) >= 11 is 0. The Kier molecular flexibility index (Phi) is 4.45. The normalized spacial score (nSPS) is 21.8. The zero-order chi connectivity index (χ0) is 14.8. The highest BCUT2D eigenvalue weighted by atomic mass is 16.6. The summed E-state index contributed by atoms with van der Waals surface area (Å²) in [6.45, 7) is 8.62. The smallest absolute Gasteiger partial charge is 0.256 e. The Morgan fingerprint density at radius 2 is 1.95 bits per heavy atom. The molecule has 110 valence electrons. The molecule has 4 heteroatoms. The fourth-order valence-electron chi connectivity index (χ4n) is 2.72. The van der Waals surface area contributed by atoms with Crippen molar-refractivity contribution in [2.75, 3.05) is 6.61 Å². The molecular formula is C16H23NO3. The van der Waals surface area contributed by atoms with Gasteiger partial charge >= 0.3 is 0 Å². The molecule has 0 saturated carbocycles. The third kappa shape index (κ3) is 3.19. The number of ether oxygens (including phenoxy) is 2. The minimum Gasteiger partial charge on any atom is -0.374 e. The highest BCUT2D eigenvalue weighted by molar-refractivity contribution is 5.83. The second-order valence-electron chi connectivity index (χ2n) is 5.86. The molecule has 1 aromatic carbocycles. The summed E-state index contributed by atoms with van der Waals surface area (Å²) in [6, 6.07) is 10.0. The van der Waals surface area contributed by atoms with Crippen LogP contribution in [0.3, 0.4) is 0 Å². The van der Waals surface area contributed by atoms with Crippen LogP contribution in [-0.4, -0.2) is 35.3 Å². The molecule has 1 aliphatic rings. The van der Waals surface area contributed by atoms with E-state index in [1.807, 2.05) is 58.0 Å². The van der Waals surface area contributed by atoms with Crippen molar-refractivity contribution < 1.29 is 14.3 Å². The molecule has 1 amide bonds. The maximum Gasteiger partial charge on any atom is 0.256 e. The van der Waals surface area contributed by atoms with E-state index in [1.165, 1.54) is 0 Å². The van der Waals surface area contributed by atoms with Gasteiger partial charge in [0.25, 0.3) is 5.91 Å². The van der Waals surface area contributed by atoms with Gasteiger partial charge in [0, 0.05) is 6.04 Å². The van der Waals surface area contributed by atoms with E-state index < -0.39 is 11.8 Å². The molecule has 2 rings (SSSR count). The zero-order valence-electron chi connectivity index (χ0n) is 12.6. The Hall–Kier alpha value is -1.39. The van der Waals surface area contributed by atoms with Gasteiger partial charge in [-0.15, -0.1) is 0 Å². The summed E-state index contributed by atoms with van der Waals surface area (Å²) in [5, 5.41) is 0.